The van der Waals surface area contributed by atoms with Crippen LogP contribution in [0.2, 0.25) is 5.02 Å². The van der Waals surface area contributed by atoms with Gasteiger partial charge >= 0.3 is 0 Å². The normalized spacial score (nSPS) is 12.1. The summed E-state index contributed by atoms with van der Waals surface area (Å²) in [5.74, 6) is -0.255. The molecule has 1 atom stereocenters. The minimum absolute atomic E-state index is 0.101. The molecule has 0 aliphatic carbocycles. The van der Waals surface area contributed by atoms with Crippen molar-refractivity contribution in [2.24, 2.45) is 0 Å². The summed E-state index contributed by atoms with van der Waals surface area (Å²) in [6.45, 7) is 1.88. The van der Waals surface area contributed by atoms with Gasteiger partial charge in [0.2, 0.25) is 5.91 Å². The van der Waals surface area contributed by atoms with Gasteiger partial charge in [0.05, 0.1) is 39.7 Å². The summed E-state index contributed by atoms with van der Waals surface area (Å²) in [6, 6.07) is 14.3. The van der Waals surface area contributed by atoms with Crippen LogP contribution in [0.25, 0.3) is 10.9 Å². The van der Waals surface area contributed by atoms with Gasteiger partial charge in [0.1, 0.15) is 11.6 Å². The van der Waals surface area contributed by atoms with Crippen molar-refractivity contribution in [2.45, 2.75) is 23.9 Å². The number of amides is 1. The lowest BCUT2D eigenvalue weighted by molar-refractivity contribution is -0.115. The van der Waals surface area contributed by atoms with Gasteiger partial charge in [-0.25, -0.2) is 9.37 Å². The lowest BCUT2D eigenvalue weighted by Gasteiger charge is -2.16. The zero-order chi connectivity index (χ0) is 22.0. The molecule has 2 aromatic carbocycles. The van der Waals surface area contributed by atoms with E-state index in [0.29, 0.717) is 27.5 Å². The van der Waals surface area contributed by atoms with E-state index in [4.69, 9.17) is 16.0 Å². The first-order valence-electron chi connectivity index (χ1n) is 9.37. The summed E-state index contributed by atoms with van der Waals surface area (Å²) >= 11 is 7.14. The maximum atomic E-state index is 13.2. The Hall–Kier alpha value is -3.10. The van der Waals surface area contributed by atoms with Crippen molar-refractivity contribution in [1.29, 1.82) is 0 Å². The Bertz CT molecular complexity index is 1310. The van der Waals surface area contributed by atoms with Crippen LogP contribution in [0.4, 0.5) is 10.1 Å². The molecular weight excluding hydrogens is 441 g/mol. The van der Waals surface area contributed by atoms with Gasteiger partial charge in [0.25, 0.3) is 5.56 Å². The van der Waals surface area contributed by atoms with Crippen molar-refractivity contribution in [3.8, 4) is 0 Å². The molecule has 0 aliphatic rings. The Labute approximate surface area is 186 Å². The van der Waals surface area contributed by atoms with Crippen molar-refractivity contribution in [2.75, 3.05) is 5.32 Å². The van der Waals surface area contributed by atoms with Crippen LogP contribution in [-0.4, -0.2) is 20.7 Å². The highest BCUT2D eigenvalue weighted by Gasteiger charge is 2.21. The van der Waals surface area contributed by atoms with E-state index in [-0.39, 0.29) is 23.0 Å². The fraction of sp³-hybridized carbons (Fsp3) is 0.136. The van der Waals surface area contributed by atoms with Gasteiger partial charge < -0.3 is 9.73 Å². The fourth-order valence-corrected chi connectivity index (χ4v) is 4.09. The highest BCUT2D eigenvalue weighted by atomic mass is 35.5. The van der Waals surface area contributed by atoms with E-state index in [9.17, 15) is 14.0 Å². The third-order valence-electron chi connectivity index (χ3n) is 4.56. The quantitative estimate of drug-likeness (QED) is 0.327. The molecule has 4 rings (SSSR count). The minimum atomic E-state index is -0.614. The SMILES string of the molecule is CC(Sc1nc2ccccc2c(=O)n1Cc1ccco1)C(=O)Nc1ccc(F)cc1Cl. The molecule has 2 heterocycles. The van der Waals surface area contributed by atoms with Gasteiger partial charge in [-0.3, -0.25) is 14.2 Å². The van der Waals surface area contributed by atoms with Crippen LogP contribution in [0.5, 0.6) is 0 Å². The third kappa shape index (κ3) is 4.65. The van der Waals surface area contributed by atoms with Crippen LogP contribution in [0, 0.1) is 5.82 Å². The number of nitrogens with one attached hydrogen (secondary N) is 1. The molecule has 1 amide bonds. The average Bonchev–Trinajstić information content (AvgIpc) is 3.26. The maximum Gasteiger partial charge on any atom is 0.262 e. The van der Waals surface area contributed by atoms with Crippen molar-refractivity contribution < 1.29 is 13.6 Å². The molecule has 0 fully saturated rings. The number of carbonyl (C=O) groups is 1. The smallest absolute Gasteiger partial charge is 0.262 e. The van der Waals surface area contributed by atoms with E-state index in [1.54, 1.807) is 43.3 Å². The van der Waals surface area contributed by atoms with Crippen molar-refractivity contribution in [1.82, 2.24) is 9.55 Å². The van der Waals surface area contributed by atoms with Gasteiger partial charge in [0, 0.05) is 0 Å². The summed E-state index contributed by atoms with van der Waals surface area (Å²) < 4.78 is 20.1. The number of thioether (sulfide) groups is 1. The van der Waals surface area contributed by atoms with Gasteiger partial charge in [-0.15, -0.1) is 0 Å². The van der Waals surface area contributed by atoms with E-state index >= 15 is 0 Å². The second-order valence-corrected chi connectivity index (χ2v) is 8.47. The number of hydrogen-bond acceptors (Lipinski definition) is 5. The number of furan rings is 1. The monoisotopic (exact) mass is 457 g/mol. The van der Waals surface area contributed by atoms with Gasteiger partial charge in [-0.05, 0) is 49.4 Å². The number of hydrogen-bond donors (Lipinski definition) is 1. The molecule has 9 heteroatoms. The average molecular weight is 458 g/mol. The van der Waals surface area contributed by atoms with Crippen LogP contribution in [0.1, 0.15) is 12.7 Å². The molecule has 2 aromatic heterocycles. The molecule has 1 N–H and O–H groups in total. The van der Waals surface area contributed by atoms with Crippen LogP contribution in [-0.2, 0) is 11.3 Å². The molecule has 0 spiro atoms. The molecule has 0 aliphatic heterocycles. The Balaban J connectivity index is 1.64. The summed E-state index contributed by atoms with van der Waals surface area (Å²) in [5.41, 5.74) is 0.624. The molecule has 158 valence electrons. The summed E-state index contributed by atoms with van der Waals surface area (Å²) in [7, 11) is 0. The number of aromatic nitrogens is 2. The van der Waals surface area contributed by atoms with Crippen LogP contribution in [0.15, 0.2) is 75.2 Å². The highest BCUT2D eigenvalue weighted by Crippen LogP contribution is 2.27. The largest absolute Gasteiger partial charge is 0.467 e. The predicted molar refractivity (Wildman–Crippen MR) is 119 cm³/mol. The van der Waals surface area contributed by atoms with E-state index in [0.717, 1.165) is 17.8 Å². The number of rotatable bonds is 6. The van der Waals surface area contributed by atoms with Crippen molar-refractivity contribution in [3.63, 3.8) is 0 Å². The summed E-state index contributed by atoms with van der Waals surface area (Å²) in [4.78, 5) is 30.4. The molecule has 1 unspecified atom stereocenters. The molecule has 6 nitrogen and oxygen atoms in total. The van der Waals surface area contributed by atoms with E-state index in [1.165, 1.54) is 23.0 Å². The Morgan fingerprint density at radius 3 is 2.81 bits per heavy atom. The Morgan fingerprint density at radius 2 is 2.06 bits per heavy atom. The number of fused-ring (bicyclic) bond motifs is 1. The zero-order valence-corrected chi connectivity index (χ0v) is 17.9. The second kappa shape index (κ2) is 8.95. The van der Waals surface area contributed by atoms with Crippen LogP contribution < -0.4 is 10.9 Å². The fourth-order valence-electron chi connectivity index (χ4n) is 2.97. The summed E-state index contributed by atoms with van der Waals surface area (Å²) in [5, 5.41) is 3.03. The Morgan fingerprint density at radius 1 is 1.26 bits per heavy atom. The standard InChI is InChI=1S/C22H17ClFN3O3S/c1-13(20(28)25-19-9-8-14(24)11-17(19)23)31-22-26-18-7-3-2-6-16(18)21(29)27(22)12-15-5-4-10-30-15/h2-11,13H,12H2,1H3,(H,25,28). The predicted octanol–water partition coefficient (Wildman–Crippen LogP) is 4.95. The third-order valence-corrected chi connectivity index (χ3v) is 5.96. The number of anilines is 1. The zero-order valence-electron chi connectivity index (χ0n) is 16.3. The molecule has 0 saturated heterocycles. The van der Waals surface area contributed by atoms with Gasteiger partial charge in [-0.1, -0.05) is 35.5 Å². The molecule has 4 aromatic rings. The first kappa shape index (κ1) is 21.1. The molecule has 31 heavy (non-hydrogen) atoms. The lowest BCUT2D eigenvalue weighted by atomic mass is 10.2. The van der Waals surface area contributed by atoms with Gasteiger partial charge in [0.15, 0.2) is 5.16 Å². The number of carbonyl (C=O) groups excluding carboxylic acids is 1. The van der Waals surface area contributed by atoms with Gasteiger partial charge in [-0.2, -0.15) is 0 Å². The number of halogens is 2. The van der Waals surface area contributed by atoms with E-state index in [1.807, 2.05) is 0 Å². The topological polar surface area (TPSA) is 77.1 Å². The molecular formula is C22H17ClFN3O3S. The van der Waals surface area contributed by atoms with Crippen LogP contribution >= 0.6 is 23.4 Å². The highest BCUT2D eigenvalue weighted by molar-refractivity contribution is 8.00. The lowest BCUT2D eigenvalue weighted by Crippen LogP contribution is -2.27. The first-order chi connectivity index (χ1) is 14.9. The number of benzene rings is 2. The molecule has 0 bridgehead atoms. The minimum Gasteiger partial charge on any atom is -0.467 e. The summed E-state index contributed by atoms with van der Waals surface area (Å²) in [6.07, 6.45) is 1.53. The van der Waals surface area contributed by atoms with Crippen LogP contribution in [0.3, 0.4) is 0 Å². The van der Waals surface area contributed by atoms with Crippen molar-refractivity contribution in [3.05, 3.63) is 87.8 Å². The maximum absolute atomic E-state index is 13.2. The number of para-hydroxylation sites is 1. The first-order valence-corrected chi connectivity index (χ1v) is 10.6. The van der Waals surface area contributed by atoms with E-state index in [2.05, 4.69) is 10.3 Å². The second-order valence-electron chi connectivity index (χ2n) is 6.76. The number of nitrogens with zero attached hydrogens (tertiary/aromatic N) is 2. The molecule has 0 saturated carbocycles. The van der Waals surface area contributed by atoms with Crippen molar-refractivity contribution >= 4 is 45.9 Å². The molecule has 0 radical (unpaired) electrons. The Kier molecular flexibility index (Phi) is 6.11. The van der Waals surface area contributed by atoms with E-state index < -0.39 is 11.1 Å².